The predicted octanol–water partition coefficient (Wildman–Crippen LogP) is 4.09. The van der Waals surface area contributed by atoms with Gasteiger partial charge in [0.15, 0.2) is 0 Å². The smallest absolute Gasteiger partial charge is 0.228 e. The molecule has 1 atom stereocenters. The van der Waals surface area contributed by atoms with Gasteiger partial charge in [-0.05, 0) is 46.0 Å². The highest BCUT2D eigenvalue weighted by Crippen LogP contribution is 2.52. The van der Waals surface area contributed by atoms with Crippen LogP contribution in [0.1, 0.15) is 20.3 Å². The van der Waals surface area contributed by atoms with Crippen molar-refractivity contribution in [3.63, 3.8) is 0 Å². The Labute approximate surface area is 108 Å². The monoisotopic (exact) mass is 301 g/mol. The number of rotatable bonds is 2. The zero-order valence-corrected chi connectivity index (χ0v) is 11.5. The molecule has 1 fully saturated rings. The molecular formula is C12H13BrClNO. The Kier molecular flexibility index (Phi) is 3.01. The van der Waals surface area contributed by atoms with Gasteiger partial charge >= 0.3 is 0 Å². The van der Waals surface area contributed by atoms with Crippen molar-refractivity contribution in [3.8, 4) is 0 Å². The van der Waals surface area contributed by atoms with E-state index >= 15 is 0 Å². The van der Waals surface area contributed by atoms with Crippen LogP contribution in [0.15, 0.2) is 22.7 Å². The maximum Gasteiger partial charge on any atom is 0.228 e. The summed E-state index contributed by atoms with van der Waals surface area (Å²) in [6.45, 7) is 4.20. The number of hydrogen-bond donors (Lipinski definition) is 1. The molecule has 1 N–H and O–H groups in total. The van der Waals surface area contributed by atoms with Gasteiger partial charge in [-0.15, -0.1) is 0 Å². The minimum absolute atomic E-state index is 0.0768. The van der Waals surface area contributed by atoms with Gasteiger partial charge in [-0.2, -0.15) is 0 Å². The van der Waals surface area contributed by atoms with Crippen LogP contribution in [0.25, 0.3) is 0 Å². The molecule has 1 aliphatic rings. The Morgan fingerprint density at radius 3 is 2.75 bits per heavy atom. The first kappa shape index (κ1) is 11.9. The summed E-state index contributed by atoms with van der Waals surface area (Å²) in [5.41, 5.74) is 0.884. The van der Waals surface area contributed by atoms with Crippen molar-refractivity contribution in [3.05, 3.63) is 27.7 Å². The lowest BCUT2D eigenvalue weighted by Crippen LogP contribution is -2.16. The van der Waals surface area contributed by atoms with Gasteiger partial charge in [0.2, 0.25) is 5.91 Å². The Morgan fingerprint density at radius 1 is 1.56 bits per heavy atom. The van der Waals surface area contributed by atoms with Crippen LogP contribution < -0.4 is 5.32 Å². The molecule has 1 aliphatic carbocycles. The molecule has 1 aromatic carbocycles. The third-order valence-electron chi connectivity index (χ3n) is 3.02. The third-order valence-corrected chi connectivity index (χ3v) is 3.94. The number of carbonyl (C=O) groups excluding carboxylic acids is 1. The average Bonchev–Trinajstić information content (AvgIpc) is 2.82. The van der Waals surface area contributed by atoms with Crippen LogP contribution in [-0.2, 0) is 4.79 Å². The topological polar surface area (TPSA) is 29.1 Å². The molecule has 0 radical (unpaired) electrons. The van der Waals surface area contributed by atoms with E-state index in [2.05, 4.69) is 35.1 Å². The van der Waals surface area contributed by atoms with Crippen molar-refractivity contribution in [1.29, 1.82) is 0 Å². The molecule has 0 spiro atoms. The first-order chi connectivity index (χ1) is 7.40. The number of anilines is 1. The van der Waals surface area contributed by atoms with Gasteiger partial charge in [0.05, 0.1) is 5.69 Å². The van der Waals surface area contributed by atoms with E-state index in [0.29, 0.717) is 5.02 Å². The van der Waals surface area contributed by atoms with Crippen molar-refractivity contribution < 1.29 is 4.79 Å². The number of halogens is 2. The molecule has 0 heterocycles. The summed E-state index contributed by atoms with van der Waals surface area (Å²) in [7, 11) is 0. The zero-order chi connectivity index (χ0) is 11.9. The van der Waals surface area contributed by atoms with E-state index in [4.69, 9.17) is 11.6 Å². The van der Waals surface area contributed by atoms with Crippen LogP contribution in [0.2, 0.25) is 5.02 Å². The second-order valence-electron chi connectivity index (χ2n) is 4.86. The Morgan fingerprint density at radius 2 is 2.19 bits per heavy atom. The van der Waals surface area contributed by atoms with Crippen LogP contribution in [0, 0.1) is 11.3 Å². The number of carbonyl (C=O) groups is 1. The van der Waals surface area contributed by atoms with E-state index in [1.165, 1.54) is 0 Å². The highest BCUT2D eigenvalue weighted by Gasteiger charge is 2.50. The normalized spacial score (nSPS) is 21.6. The van der Waals surface area contributed by atoms with Crippen molar-refractivity contribution in [1.82, 2.24) is 0 Å². The van der Waals surface area contributed by atoms with Gasteiger partial charge in [0.25, 0.3) is 0 Å². The van der Waals surface area contributed by atoms with E-state index < -0.39 is 0 Å². The first-order valence-electron chi connectivity index (χ1n) is 5.16. The molecule has 0 aliphatic heterocycles. The molecule has 1 unspecified atom stereocenters. The summed E-state index contributed by atoms with van der Waals surface area (Å²) in [5, 5.41) is 3.52. The van der Waals surface area contributed by atoms with Gasteiger partial charge in [0, 0.05) is 15.4 Å². The predicted molar refractivity (Wildman–Crippen MR) is 69.7 cm³/mol. The van der Waals surface area contributed by atoms with Crippen LogP contribution >= 0.6 is 27.5 Å². The average molecular weight is 303 g/mol. The standard InChI is InChI=1S/C12H13BrClNO/c1-12(2)6-8(12)11(16)15-10-5-7(14)3-4-9(10)13/h3-5,8H,6H2,1-2H3,(H,15,16). The minimum Gasteiger partial charge on any atom is -0.325 e. The number of amides is 1. The van der Waals surface area contributed by atoms with Crippen molar-refractivity contribution >= 4 is 39.1 Å². The van der Waals surface area contributed by atoms with E-state index in [0.717, 1.165) is 16.6 Å². The molecule has 1 amide bonds. The van der Waals surface area contributed by atoms with E-state index in [1.807, 2.05) is 6.07 Å². The first-order valence-corrected chi connectivity index (χ1v) is 6.33. The molecule has 1 aromatic rings. The summed E-state index contributed by atoms with van der Waals surface area (Å²) in [4.78, 5) is 11.9. The quantitative estimate of drug-likeness (QED) is 0.876. The fraction of sp³-hybridized carbons (Fsp3) is 0.417. The number of hydrogen-bond acceptors (Lipinski definition) is 1. The Balaban J connectivity index is 2.10. The molecule has 1 saturated carbocycles. The molecule has 2 rings (SSSR count). The van der Waals surface area contributed by atoms with Gasteiger partial charge in [0.1, 0.15) is 0 Å². The van der Waals surface area contributed by atoms with Crippen LogP contribution in [0.5, 0.6) is 0 Å². The van der Waals surface area contributed by atoms with E-state index in [1.54, 1.807) is 12.1 Å². The third kappa shape index (κ3) is 2.41. The lowest BCUT2D eigenvalue weighted by Gasteiger charge is -2.08. The molecule has 0 bridgehead atoms. The van der Waals surface area contributed by atoms with Crippen molar-refractivity contribution in [2.75, 3.05) is 5.32 Å². The SMILES string of the molecule is CC1(C)CC1C(=O)Nc1cc(Cl)ccc1Br. The van der Waals surface area contributed by atoms with Gasteiger partial charge in [-0.25, -0.2) is 0 Å². The van der Waals surface area contributed by atoms with Crippen LogP contribution in [0.4, 0.5) is 5.69 Å². The van der Waals surface area contributed by atoms with Gasteiger partial charge in [-0.3, -0.25) is 4.79 Å². The number of nitrogens with one attached hydrogen (secondary N) is 1. The lowest BCUT2D eigenvalue weighted by molar-refractivity contribution is -0.118. The minimum atomic E-state index is 0.0768. The van der Waals surface area contributed by atoms with Crippen LogP contribution in [0.3, 0.4) is 0 Å². The lowest BCUT2D eigenvalue weighted by atomic mass is 10.1. The van der Waals surface area contributed by atoms with Crippen molar-refractivity contribution in [2.45, 2.75) is 20.3 Å². The molecular weight excluding hydrogens is 289 g/mol. The number of benzene rings is 1. The summed E-state index contributed by atoms with van der Waals surface area (Å²) < 4.78 is 0.851. The maximum atomic E-state index is 11.9. The summed E-state index contributed by atoms with van der Waals surface area (Å²) in [6, 6.07) is 5.36. The molecule has 16 heavy (non-hydrogen) atoms. The second kappa shape index (κ2) is 4.04. The summed E-state index contributed by atoms with van der Waals surface area (Å²) in [5.74, 6) is 0.200. The highest BCUT2D eigenvalue weighted by atomic mass is 79.9. The van der Waals surface area contributed by atoms with Crippen LogP contribution in [-0.4, -0.2) is 5.91 Å². The maximum absolute atomic E-state index is 11.9. The fourth-order valence-corrected chi connectivity index (χ4v) is 2.25. The summed E-state index contributed by atoms with van der Waals surface area (Å²) in [6.07, 6.45) is 0.955. The highest BCUT2D eigenvalue weighted by molar-refractivity contribution is 9.10. The van der Waals surface area contributed by atoms with E-state index in [9.17, 15) is 4.79 Å². The Bertz CT molecular complexity index is 445. The molecule has 0 aromatic heterocycles. The second-order valence-corrected chi connectivity index (χ2v) is 6.15. The largest absolute Gasteiger partial charge is 0.325 e. The summed E-state index contributed by atoms with van der Waals surface area (Å²) >= 11 is 9.26. The molecule has 4 heteroatoms. The molecule has 86 valence electrons. The van der Waals surface area contributed by atoms with Gasteiger partial charge in [-0.1, -0.05) is 25.4 Å². The van der Waals surface area contributed by atoms with Crippen molar-refractivity contribution in [2.24, 2.45) is 11.3 Å². The zero-order valence-electron chi connectivity index (χ0n) is 9.18. The fourth-order valence-electron chi connectivity index (χ4n) is 1.73. The van der Waals surface area contributed by atoms with E-state index in [-0.39, 0.29) is 17.2 Å². The van der Waals surface area contributed by atoms with Gasteiger partial charge < -0.3 is 5.32 Å². The molecule has 0 saturated heterocycles. The molecule has 2 nitrogen and oxygen atoms in total. The Hall–Kier alpha value is -0.540.